The Morgan fingerprint density at radius 3 is 2.56 bits per heavy atom. The first-order valence-corrected chi connectivity index (χ1v) is 5.34. The molecule has 1 aromatic carbocycles. The molecule has 0 fully saturated rings. The van der Waals surface area contributed by atoms with Crippen LogP contribution in [0.2, 0.25) is 0 Å². The number of nitrogens with two attached hydrogens (primary N) is 1. The second-order valence-corrected chi connectivity index (χ2v) is 3.61. The molecule has 0 unspecified atom stereocenters. The Bertz CT molecular complexity index is 339. The molecule has 0 aliphatic heterocycles. The fourth-order valence-electron chi connectivity index (χ4n) is 1.44. The summed E-state index contributed by atoms with van der Waals surface area (Å²) in [5.41, 5.74) is 6.67. The lowest BCUT2D eigenvalue weighted by Crippen LogP contribution is -2.23. The summed E-state index contributed by atoms with van der Waals surface area (Å²) in [6.07, 6.45) is -0.595. The Balaban J connectivity index is 2.99. The van der Waals surface area contributed by atoms with E-state index < -0.39 is 12.1 Å². The molecule has 0 spiro atoms. The van der Waals surface area contributed by atoms with Gasteiger partial charge in [-0.2, -0.15) is 0 Å². The van der Waals surface area contributed by atoms with Crippen LogP contribution in [0.3, 0.4) is 0 Å². The topological polar surface area (TPSA) is 64.7 Å². The van der Waals surface area contributed by atoms with Crippen molar-refractivity contribution in [1.29, 1.82) is 0 Å². The zero-order chi connectivity index (χ0) is 12.1. The average Bonchev–Trinajstić information content (AvgIpc) is 2.29. The van der Waals surface area contributed by atoms with Gasteiger partial charge >= 0.3 is 0 Å². The summed E-state index contributed by atoms with van der Waals surface area (Å²) in [6, 6.07) is 5.03. The molecule has 90 valence electrons. The third kappa shape index (κ3) is 2.87. The Labute approximate surface area is 96.0 Å². The summed E-state index contributed by atoms with van der Waals surface area (Å²) in [5, 5.41) is 9.41. The van der Waals surface area contributed by atoms with Gasteiger partial charge in [-0.3, -0.25) is 0 Å². The molecule has 0 saturated carbocycles. The maximum absolute atomic E-state index is 9.41. The molecule has 0 aromatic heterocycles. The molecule has 3 N–H and O–H groups in total. The summed E-state index contributed by atoms with van der Waals surface area (Å²) in [6.45, 7) is 4.15. The van der Waals surface area contributed by atoms with Gasteiger partial charge in [0.15, 0.2) is 11.5 Å². The van der Waals surface area contributed by atoms with Gasteiger partial charge in [0.05, 0.1) is 25.9 Å². The van der Waals surface area contributed by atoms with Gasteiger partial charge in [0, 0.05) is 0 Å². The van der Waals surface area contributed by atoms with Gasteiger partial charge in [-0.15, -0.1) is 0 Å². The number of hydrogen-bond donors (Lipinski definition) is 2. The zero-order valence-corrected chi connectivity index (χ0v) is 9.93. The molecule has 0 heterocycles. The Kier molecular flexibility index (Phi) is 4.58. The lowest BCUT2D eigenvalue weighted by molar-refractivity contribution is 0.164. The van der Waals surface area contributed by atoms with E-state index in [-0.39, 0.29) is 0 Å². The highest BCUT2D eigenvalue weighted by molar-refractivity contribution is 5.44. The minimum absolute atomic E-state index is 0.412. The standard InChI is InChI=1S/C12H19NO3/c1-4-16-10-6-5-9(7-11(10)15-3)12(13)8(2)14/h5-8,12,14H,4,13H2,1-3H3/t8-,12-/m0/s1. The van der Waals surface area contributed by atoms with Gasteiger partial charge < -0.3 is 20.3 Å². The van der Waals surface area contributed by atoms with Gasteiger partial charge in [0.2, 0.25) is 0 Å². The summed E-state index contributed by atoms with van der Waals surface area (Å²) in [7, 11) is 1.58. The van der Waals surface area contributed by atoms with Crippen LogP contribution in [-0.2, 0) is 0 Å². The number of methoxy groups -OCH3 is 1. The minimum Gasteiger partial charge on any atom is -0.493 e. The lowest BCUT2D eigenvalue weighted by Gasteiger charge is -2.17. The fraction of sp³-hybridized carbons (Fsp3) is 0.500. The SMILES string of the molecule is CCOc1ccc([C@@H](N)[C@H](C)O)cc1OC. The molecule has 16 heavy (non-hydrogen) atoms. The Morgan fingerprint density at radius 1 is 1.38 bits per heavy atom. The van der Waals surface area contributed by atoms with Crippen molar-refractivity contribution in [1.82, 2.24) is 0 Å². The average molecular weight is 225 g/mol. The molecule has 0 bridgehead atoms. The van der Waals surface area contributed by atoms with Gasteiger partial charge in [0.1, 0.15) is 0 Å². The van der Waals surface area contributed by atoms with Crippen molar-refractivity contribution in [2.75, 3.05) is 13.7 Å². The van der Waals surface area contributed by atoms with E-state index in [9.17, 15) is 5.11 Å². The molecule has 1 rings (SSSR count). The van der Waals surface area contributed by atoms with Gasteiger partial charge in [0.25, 0.3) is 0 Å². The molecular formula is C12H19NO3. The summed E-state index contributed by atoms with van der Waals surface area (Å²) in [4.78, 5) is 0. The first-order valence-electron chi connectivity index (χ1n) is 5.34. The second kappa shape index (κ2) is 5.72. The molecule has 0 aliphatic rings. The van der Waals surface area contributed by atoms with Crippen LogP contribution in [0.25, 0.3) is 0 Å². The zero-order valence-electron chi connectivity index (χ0n) is 9.93. The highest BCUT2D eigenvalue weighted by Crippen LogP contribution is 2.30. The molecule has 0 amide bonds. The minimum atomic E-state index is -0.595. The number of rotatable bonds is 5. The van der Waals surface area contributed by atoms with Gasteiger partial charge in [-0.05, 0) is 31.5 Å². The molecule has 0 radical (unpaired) electrons. The molecule has 4 heteroatoms. The first kappa shape index (κ1) is 12.8. The maximum atomic E-state index is 9.41. The smallest absolute Gasteiger partial charge is 0.161 e. The van der Waals surface area contributed by atoms with Crippen molar-refractivity contribution in [3.8, 4) is 11.5 Å². The van der Waals surface area contributed by atoms with E-state index in [4.69, 9.17) is 15.2 Å². The Morgan fingerprint density at radius 2 is 2.06 bits per heavy atom. The molecular weight excluding hydrogens is 206 g/mol. The van der Waals surface area contributed by atoms with E-state index in [1.807, 2.05) is 13.0 Å². The van der Waals surface area contributed by atoms with E-state index in [1.54, 1.807) is 26.2 Å². The van der Waals surface area contributed by atoms with E-state index >= 15 is 0 Å². The summed E-state index contributed by atoms with van der Waals surface area (Å²) < 4.78 is 10.6. The van der Waals surface area contributed by atoms with Gasteiger partial charge in [-0.25, -0.2) is 0 Å². The number of ether oxygens (including phenoxy) is 2. The summed E-state index contributed by atoms with van der Waals surface area (Å²) in [5.74, 6) is 1.32. The Hall–Kier alpha value is -1.26. The molecule has 1 aromatic rings. The maximum Gasteiger partial charge on any atom is 0.161 e. The van der Waals surface area contributed by atoms with Crippen LogP contribution in [-0.4, -0.2) is 24.9 Å². The highest BCUT2D eigenvalue weighted by atomic mass is 16.5. The van der Waals surface area contributed by atoms with Crippen LogP contribution in [0.15, 0.2) is 18.2 Å². The number of hydrogen-bond acceptors (Lipinski definition) is 4. The van der Waals surface area contributed by atoms with Crippen molar-refractivity contribution in [3.05, 3.63) is 23.8 Å². The molecule has 0 aliphatic carbocycles. The predicted octanol–water partition coefficient (Wildman–Crippen LogP) is 1.47. The van der Waals surface area contributed by atoms with Crippen LogP contribution in [0.4, 0.5) is 0 Å². The van der Waals surface area contributed by atoms with E-state index in [0.29, 0.717) is 18.1 Å². The van der Waals surface area contributed by atoms with Crippen LogP contribution >= 0.6 is 0 Å². The van der Waals surface area contributed by atoms with Crippen LogP contribution < -0.4 is 15.2 Å². The normalized spacial score (nSPS) is 14.3. The quantitative estimate of drug-likeness (QED) is 0.796. The number of aliphatic hydroxyl groups is 1. The van der Waals surface area contributed by atoms with Crippen LogP contribution in [0, 0.1) is 0 Å². The molecule has 0 saturated heterocycles. The van der Waals surface area contributed by atoms with Crippen molar-refractivity contribution in [3.63, 3.8) is 0 Å². The van der Waals surface area contributed by atoms with Gasteiger partial charge in [-0.1, -0.05) is 6.07 Å². The van der Waals surface area contributed by atoms with E-state index in [2.05, 4.69) is 0 Å². The van der Waals surface area contributed by atoms with Crippen LogP contribution in [0.5, 0.6) is 11.5 Å². The predicted molar refractivity (Wildman–Crippen MR) is 62.8 cm³/mol. The third-order valence-corrected chi connectivity index (χ3v) is 2.39. The first-order chi connectivity index (χ1) is 7.60. The van der Waals surface area contributed by atoms with Crippen molar-refractivity contribution >= 4 is 0 Å². The second-order valence-electron chi connectivity index (χ2n) is 3.61. The summed E-state index contributed by atoms with van der Waals surface area (Å²) >= 11 is 0. The molecule has 4 nitrogen and oxygen atoms in total. The van der Waals surface area contributed by atoms with E-state index in [1.165, 1.54) is 0 Å². The molecule has 2 atom stereocenters. The van der Waals surface area contributed by atoms with Crippen molar-refractivity contribution in [2.45, 2.75) is 26.0 Å². The monoisotopic (exact) mass is 225 g/mol. The fourth-order valence-corrected chi connectivity index (χ4v) is 1.44. The highest BCUT2D eigenvalue weighted by Gasteiger charge is 2.14. The number of aliphatic hydroxyl groups excluding tert-OH is 1. The third-order valence-electron chi connectivity index (χ3n) is 2.39. The van der Waals surface area contributed by atoms with Crippen molar-refractivity contribution < 1.29 is 14.6 Å². The van der Waals surface area contributed by atoms with Crippen molar-refractivity contribution in [2.24, 2.45) is 5.73 Å². The number of benzene rings is 1. The lowest BCUT2D eigenvalue weighted by atomic mass is 10.0. The van der Waals surface area contributed by atoms with E-state index in [0.717, 1.165) is 5.56 Å². The van der Waals surface area contributed by atoms with Crippen LogP contribution in [0.1, 0.15) is 25.5 Å². The largest absolute Gasteiger partial charge is 0.493 e.